The van der Waals surface area contributed by atoms with E-state index >= 15 is 0 Å². The number of H-pyrrole nitrogens is 1. The number of rotatable bonds is 4. The molecule has 1 aromatic carbocycles. The molecule has 0 aliphatic carbocycles. The van der Waals surface area contributed by atoms with E-state index in [2.05, 4.69) is 41.2 Å². The molecule has 0 radical (unpaired) electrons. The van der Waals surface area contributed by atoms with Crippen molar-refractivity contribution in [3.8, 4) is 11.4 Å². The van der Waals surface area contributed by atoms with Gasteiger partial charge in [-0.25, -0.2) is 4.98 Å². The van der Waals surface area contributed by atoms with Crippen LogP contribution in [0.1, 0.15) is 18.2 Å². The summed E-state index contributed by atoms with van der Waals surface area (Å²) in [5, 5.41) is 9.01. The van der Waals surface area contributed by atoms with E-state index < -0.39 is 0 Å². The van der Waals surface area contributed by atoms with E-state index in [-0.39, 0.29) is 12.5 Å². The number of nitrogens with one attached hydrogen (secondary N) is 1. The number of aliphatic hydroxyl groups is 1. The molecule has 3 nitrogen and oxygen atoms in total. The third-order valence-corrected chi connectivity index (χ3v) is 2.83. The largest absolute Gasteiger partial charge is 0.396 e. The molecule has 0 spiro atoms. The first-order valence-corrected chi connectivity index (χ1v) is 5.91. The Kier molecular flexibility index (Phi) is 3.59. The van der Waals surface area contributed by atoms with Crippen molar-refractivity contribution < 1.29 is 5.11 Å². The number of aromatic nitrogens is 2. The molecule has 1 unspecified atom stereocenters. The third-order valence-electron chi connectivity index (χ3n) is 2.83. The fourth-order valence-electron chi connectivity index (χ4n) is 1.75. The van der Waals surface area contributed by atoms with Gasteiger partial charge >= 0.3 is 0 Å². The van der Waals surface area contributed by atoms with E-state index in [4.69, 9.17) is 5.11 Å². The molecular weight excluding hydrogens is 212 g/mol. The Morgan fingerprint density at radius 1 is 1.29 bits per heavy atom. The van der Waals surface area contributed by atoms with E-state index in [0.29, 0.717) is 0 Å². The summed E-state index contributed by atoms with van der Waals surface area (Å²) in [4.78, 5) is 7.71. The van der Waals surface area contributed by atoms with Gasteiger partial charge in [0.25, 0.3) is 0 Å². The van der Waals surface area contributed by atoms with Crippen LogP contribution in [0.25, 0.3) is 11.4 Å². The fourth-order valence-corrected chi connectivity index (χ4v) is 1.75. The smallest absolute Gasteiger partial charge is 0.137 e. The van der Waals surface area contributed by atoms with Gasteiger partial charge in [0, 0.05) is 18.4 Å². The quantitative estimate of drug-likeness (QED) is 0.848. The molecule has 2 rings (SSSR count). The minimum Gasteiger partial charge on any atom is -0.396 e. The topological polar surface area (TPSA) is 48.9 Å². The highest BCUT2D eigenvalue weighted by Gasteiger charge is 2.07. The molecule has 3 heteroatoms. The van der Waals surface area contributed by atoms with Crippen molar-refractivity contribution in [2.24, 2.45) is 5.92 Å². The third kappa shape index (κ3) is 2.94. The van der Waals surface area contributed by atoms with Crippen molar-refractivity contribution in [1.29, 1.82) is 0 Å². The van der Waals surface area contributed by atoms with Crippen LogP contribution < -0.4 is 0 Å². The summed E-state index contributed by atoms with van der Waals surface area (Å²) >= 11 is 0. The van der Waals surface area contributed by atoms with Gasteiger partial charge in [-0.3, -0.25) is 0 Å². The maximum Gasteiger partial charge on any atom is 0.137 e. The molecule has 0 bridgehead atoms. The molecule has 0 saturated carbocycles. The highest BCUT2D eigenvalue weighted by atomic mass is 16.3. The maximum absolute atomic E-state index is 9.01. The van der Waals surface area contributed by atoms with E-state index in [9.17, 15) is 0 Å². The number of hydrogen-bond acceptors (Lipinski definition) is 2. The van der Waals surface area contributed by atoms with Crippen molar-refractivity contribution >= 4 is 0 Å². The van der Waals surface area contributed by atoms with Crippen molar-refractivity contribution in [1.82, 2.24) is 9.97 Å². The molecular formula is C14H18N2O. The first-order valence-electron chi connectivity index (χ1n) is 5.91. The minimum atomic E-state index is 0.201. The number of aliphatic hydroxyl groups excluding tert-OH is 1. The van der Waals surface area contributed by atoms with Gasteiger partial charge in [-0.05, 0) is 19.3 Å². The lowest BCUT2D eigenvalue weighted by molar-refractivity contribution is 0.236. The van der Waals surface area contributed by atoms with E-state index in [0.717, 1.165) is 23.5 Å². The average molecular weight is 230 g/mol. The molecule has 0 aliphatic rings. The summed E-state index contributed by atoms with van der Waals surface area (Å²) < 4.78 is 0. The second-order valence-corrected chi connectivity index (χ2v) is 4.60. The Balaban J connectivity index is 2.15. The summed E-state index contributed by atoms with van der Waals surface area (Å²) in [7, 11) is 0. The molecule has 1 aromatic heterocycles. The van der Waals surface area contributed by atoms with Gasteiger partial charge in [0.1, 0.15) is 5.82 Å². The Labute approximate surface area is 102 Å². The van der Waals surface area contributed by atoms with Crippen molar-refractivity contribution in [2.45, 2.75) is 20.3 Å². The molecule has 0 saturated heterocycles. The molecule has 2 aromatic rings. The van der Waals surface area contributed by atoms with E-state index in [1.54, 1.807) is 0 Å². The zero-order valence-corrected chi connectivity index (χ0v) is 10.3. The SMILES string of the molecule is Cc1ccc(-c2nc(CC(C)CO)c[nH]2)cc1. The summed E-state index contributed by atoms with van der Waals surface area (Å²) in [6.07, 6.45) is 2.72. The van der Waals surface area contributed by atoms with Crippen LogP contribution in [-0.2, 0) is 6.42 Å². The van der Waals surface area contributed by atoms with E-state index in [1.807, 2.05) is 13.1 Å². The molecule has 1 heterocycles. The first kappa shape index (κ1) is 11.9. The fraction of sp³-hybridized carbons (Fsp3) is 0.357. The Bertz CT molecular complexity index is 473. The van der Waals surface area contributed by atoms with Gasteiger partial charge in [-0.1, -0.05) is 36.8 Å². The van der Waals surface area contributed by atoms with Gasteiger partial charge in [-0.2, -0.15) is 0 Å². The van der Waals surface area contributed by atoms with Crippen LogP contribution in [-0.4, -0.2) is 21.7 Å². The number of imidazole rings is 1. The molecule has 0 fully saturated rings. The standard InChI is InChI=1S/C14H18N2O/c1-10-3-5-12(6-4-10)14-15-8-13(16-14)7-11(2)9-17/h3-6,8,11,17H,7,9H2,1-2H3,(H,15,16). The summed E-state index contributed by atoms with van der Waals surface area (Å²) in [5.41, 5.74) is 3.34. The van der Waals surface area contributed by atoms with Crippen LogP contribution in [0.5, 0.6) is 0 Å². The van der Waals surface area contributed by atoms with Gasteiger partial charge < -0.3 is 10.1 Å². The van der Waals surface area contributed by atoms with Crippen LogP contribution in [0.4, 0.5) is 0 Å². The molecule has 2 N–H and O–H groups in total. The highest BCUT2D eigenvalue weighted by molar-refractivity contribution is 5.55. The van der Waals surface area contributed by atoms with Crippen molar-refractivity contribution in [3.05, 3.63) is 41.7 Å². The minimum absolute atomic E-state index is 0.201. The summed E-state index contributed by atoms with van der Waals surface area (Å²) in [5.74, 6) is 1.15. The zero-order valence-electron chi connectivity index (χ0n) is 10.3. The summed E-state index contributed by atoms with van der Waals surface area (Å²) in [6.45, 7) is 4.28. The number of aryl methyl sites for hydroxylation is 1. The van der Waals surface area contributed by atoms with E-state index in [1.165, 1.54) is 5.56 Å². The predicted molar refractivity (Wildman–Crippen MR) is 68.7 cm³/mol. The molecule has 0 aliphatic heterocycles. The van der Waals surface area contributed by atoms with Crippen LogP contribution >= 0.6 is 0 Å². The van der Waals surface area contributed by atoms with Crippen molar-refractivity contribution in [3.63, 3.8) is 0 Å². The monoisotopic (exact) mass is 230 g/mol. The van der Waals surface area contributed by atoms with Gasteiger partial charge in [0.05, 0.1) is 5.69 Å². The maximum atomic E-state index is 9.01. The second-order valence-electron chi connectivity index (χ2n) is 4.60. The lowest BCUT2D eigenvalue weighted by Gasteiger charge is -2.03. The molecule has 90 valence electrons. The molecule has 0 amide bonds. The van der Waals surface area contributed by atoms with Gasteiger partial charge in [0.15, 0.2) is 0 Å². The molecule has 1 atom stereocenters. The molecule has 17 heavy (non-hydrogen) atoms. The van der Waals surface area contributed by atoms with Crippen LogP contribution in [0, 0.1) is 12.8 Å². The number of benzene rings is 1. The summed E-state index contributed by atoms with van der Waals surface area (Å²) in [6, 6.07) is 8.28. The predicted octanol–water partition coefficient (Wildman–Crippen LogP) is 2.56. The normalized spacial score (nSPS) is 12.6. The number of nitrogens with zero attached hydrogens (tertiary/aromatic N) is 1. The zero-order chi connectivity index (χ0) is 12.3. The first-order chi connectivity index (χ1) is 8.19. The van der Waals surface area contributed by atoms with Gasteiger partial charge in [0.2, 0.25) is 0 Å². The average Bonchev–Trinajstić information content (AvgIpc) is 2.78. The highest BCUT2D eigenvalue weighted by Crippen LogP contribution is 2.17. The van der Waals surface area contributed by atoms with Crippen LogP contribution in [0.15, 0.2) is 30.5 Å². The second kappa shape index (κ2) is 5.15. The lowest BCUT2D eigenvalue weighted by Crippen LogP contribution is -2.04. The van der Waals surface area contributed by atoms with Crippen LogP contribution in [0.3, 0.4) is 0 Å². The Hall–Kier alpha value is -1.61. The van der Waals surface area contributed by atoms with Gasteiger partial charge in [-0.15, -0.1) is 0 Å². The van der Waals surface area contributed by atoms with Crippen molar-refractivity contribution in [2.75, 3.05) is 6.61 Å². The van der Waals surface area contributed by atoms with Crippen LogP contribution in [0.2, 0.25) is 0 Å². The Morgan fingerprint density at radius 2 is 2.00 bits per heavy atom. The Morgan fingerprint density at radius 3 is 2.65 bits per heavy atom. The number of hydrogen-bond donors (Lipinski definition) is 2. The lowest BCUT2D eigenvalue weighted by atomic mass is 10.1. The number of aromatic amines is 1.